The summed E-state index contributed by atoms with van der Waals surface area (Å²) in [4.78, 5) is 169. The van der Waals surface area contributed by atoms with Crippen LogP contribution in [0.4, 0.5) is 9.59 Å². The van der Waals surface area contributed by atoms with Crippen LogP contribution in [0.15, 0.2) is 200 Å². The number of amides is 5. The standard InChI is InChI=1S/C105H131N9O15S/c1-16-20-53-89(97(121)109-85(52-39-57-107-93(106)19-4)91(116)61-73(95(119)108-63-77(115)18-3)68-130-105(74-40-25-22-26-41-74,75-42-27-23-28-43-75)76-44-29-24-30-45-76)111(14)99(123)90(54-21-17-2)112(15)98(122)70(59-72-65-114(101(125)129-104(11,12)13)88-56-38-36-47-79(72)88)60-92(117)86(67-127-102(5,6)7)110-96(120)69(58-71-64-113(100(124)128-103(8,9)10)87-55-37-35-46-78(71)87)62-94(118)126-66-84-82-50-33-31-48-80(82)81-49-32-34-51-83(81)84/h22-38,40-51,55-56,64-65,69-70,73,84-86,89-90H,16-21,39,52-54,57-63,66-68H2,1-15H3,(H2,106,107)(H,108,119)(H,109,121)(H,110,120)/t69-,70-,73+,85+,86+,89+,90+/m1/s1. The number of rotatable bonds is 45. The molecule has 5 N–H and O–H groups in total. The van der Waals surface area contributed by atoms with Gasteiger partial charge in [-0.1, -0.05) is 229 Å². The maximum Gasteiger partial charge on any atom is 0.419 e. The molecule has 0 fully saturated rings. The number of hydrogen-bond donors (Lipinski definition) is 5. The Balaban J connectivity index is 0.987. The van der Waals surface area contributed by atoms with Crippen LogP contribution in [0.25, 0.3) is 32.9 Å². The number of fused-ring (bicyclic) bond motifs is 5. The number of ketones is 3. The molecule has 0 unspecified atom stereocenters. The van der Waals surface area contributed by atoms with Crippen molar-refractivity contribution in [2.75, 3.05) is 46.2 Å². The van der Waals surface area contributed by atoms with Crippen LogP contribution in [0.3, 0.4) is 0 Å². The van der Waals surface area contributed by atoms with E-state index in [0.29, 0.717) is 71.5 Å². The van der Waals surface area contributed by atoms with Gasteiger partial charge in [0.05, 0.1) is 64.7 Å². The number of benzene rings is 7. The van der Waals surface area contributed by atoms with Gasteiger partial charge in [-0.05, 0) is 163 Å². The van der Waals surface area contributed by atoms with Crippen molar-refractivity contribution in [3.05, 3.63) is 239 Å². The SMILES string of the molecule is CCCC[C@@H](C(=O)N(C)[C@@H](CCCC)C(=O)N[C@@H](CCCNC(=N)CC)C(=O)C[C@@H](CSC(c1ccccc1)(c1ccccc1)c1ccccc1)C(=O)NCC(=O)CC)N(C)C(=O)[C@@H](CC(=O)[C@H](COC(C)(C)C)NC(=O)[C@@H](CC(=O)OCC1c2ccccc2-c2ccccc21)Cc1cn(C(=O)OC(C)(C)C)c2ccccc12)Cc1cn(C(=O)OC(C)(C)C)c2ccccc12. The van der Waals surface area contributed by atoms with Crippen LogP contribution >= 0.6 is 11.8 Å². The number of likely N-dealkylation sites (N-methyl/N-ethyl adjacent to an activating group) is 2. The third-order valence-electron chi connectivity index (χ3n) is 23.7. The van der Waals surface area contributed by atoms with E-state index in [1.54, 1.807) is 130 Å². The number of ether oxygens (including phenoxy) is 4. The van der Waals surface area contributed by atoms with Crippen molar-refractivity contribution in [1.82, 2.24) is 40.2 Å². The number of nitrogens with zero attached hydrogens (tertiary/aromatic N) is 4. The normalized spacial score (nSPS) is 13.8. The molecule has 130 heavy (non-hydrogen) atoms. The van der Waals surface area contributed by atoms with E-state index >= 15 is 28.8 Å². The Morgan fingerprint density at radius 1 is 0.469 bits per heavy atom. The van der Waals surface area contributed by atoms with Crippen molar-refractivity contribution in [2.24, 2.45) is 17.8 Å². The van der Waals surface area contributed by atoms with Crippen molar-refractivity contribution in [3.63, 3.8) is 0 Å². The topological polar surface area (TPSA) is 313 Å². The lowest BCUT2D eigenvalue weighted by molar-refractivity contribution is -0.150. The Bertz CT molecular complexity index is 5290. The minimum absolute atomic E-state index is 0.0513. The average molecular weight is 1790 g/mol. The number of para-hydroxylation sites is 2. The lowest BCUT2D eigenvalue weighted by Crippen LogP contribution is -2.57. The number of unbranched alkanes of at least 4 members (excludes halogenated alkanes) is 2. The maximum atomic E-state index is 16.4. The molecular formula is C105H131N9O15S. The predicted molar refractivity (Wildman–Crippen MR) is 511 cm³/mol. The van der Waals surface area contributed by atoms with E-state index in [0.717, 1.165) is 38.9 Å². The number of hydrogen-bond acceptors (Lipinski definition) is 17. The first-order valence-corrected chi connectivity index (χ1v) is 46.7. The molecule has 24 nitrogen and oxygen atoms in total. The molecule has 1 aliphatic rings. The first-order valence-electron chi connectivity index (χ1n) is 45.7. The number of amidine groups is 1. The van der Waals surface area contributed by atoms with E-state index in [9.17, 15) is 24.0 Å². The Labute approximate surface area is 769 Å². The first-order chi connectivity index (χ1) is 62.0. The highest BCUT2D eigenvalue weighted by Crippen LogP contribution is 2.50. The van der Waals surface area contributed by atoms with E-state index in [2.05, 4.69) is 21.3 Å². The van der Waals surface area contributed by atoms with Crippen molar-refractivity contribution in [1.29, 1.82) is 5.41 Å². The fourth-order valence-electron chi connectivity index (χ4n) is 16.8. The summed E-state index contributed by atoms with van der Waals surface area (Å²) in [5.41, 5.74) is 5.94. The molecule has 9 aromatic rings. The summed E-state index contributed by atoms with van der Waals surface area (Å²) in [6, 6.07) is 54.5. The monoisotopic (exact) mass is 1790 g/mol. The number of aromatic nitrogens is 2. The van der Waals surface area contributed by atoms with Gasteiger partial charge in [0.1, 0.15) is 35.9 Å². The summed E-state index contributed by atoms with van der Waals surface area (Å²) in [5, 5.41) is 21.6. The molecular weight excluding hydrogens is 1660 g/mol. The molecule has 7 aromatic carbocycles. The maximum absolute atomic E-state index is 16.4. The van der Waals surface area contributed by atoms with E-state index in [4.69, 9.17) is 24.4 Å². The third kappa shape index (κ3) is 26.5. The Kier molecular flexibility index (Phi) is 35.6. The van der Waals surface area contributed by atoms with Gasteiger partial charge in [0, 0.05) is 87.1 Å². The molecule has 5 amide bonds. The molecule has 25 heteroatoms. The number of Topliss-reactive ketones (excluding diaryl/α,β-unsaturated/α-hetero) is 3. The average Bonchev–Trinajstić information content (AvgIpc) is 1.61. The second-order valence-electron chi connectivity index (χ2n) is 36.9. The van der Waals surface area contributed by atoms with Gasteiger partial charge in [0.25, 0.3) is 0 Å². The number of carbonyl (C=O) groups excluding carboxylic acids is 11. The van der Waals surface area contributed by atoms with E-state index < -0.39 is 142 Å². The van der Waals surface area contributed by atoms with Crippen LogP contribution in [0, 0.1) is 23.2 Å². The van der Waals surface area contributed by atoms with Crippen LogP contribution in [0.2, 0.25) is 0 Å². The van der Waals surface area contributed by atoms with E-state index in [1.807, 2.05) is 160 Å². The van der Waals surface area contributed by atoms with Crippen molar-refractivity contribution < 1.29 is 71.7 Å². The summed E-state index contributed by atoms with van der Waals surface area (Å²) < 4.78 is 26.2. The molecule has 0 spiro atoms. The number of carbonyl (C=O) groups is 11. The zero-order chi connectivity index (χ0) is 94.2. The number of thioether (sulfide) groups is 1. The predicted octanol–water partition coefficient (Wildman–Crippen LogP) is 17.9. The summed E-state index contributed by atoms with van der Waals surface area (Å²) in [6.45, 7) is 22.8. The van der Waals surface area contributed by atoms with Gasteiger partial charge in [-0.2, -0.15) is 0 Å². The minimum atomic E-state index is -1.50. The highest BCUT2D eigenvalue weighted by Gasteiger charge is 2.44. The van der Waals surface area contributed by atoms with Crippen LogP contribution < -0.4 is 21.3 Å². The van der Waals surface area contributed by atoms with Crippen LogP contribution in [-0.4, -0.2) is 177 Å². The van der Waals surface area contributed by atoms with Crippen molar-refractivity contribution in [3.8, 4) is 11.1 Å². The molecule has 0 aliphatic heterocycles. The quantitative estimate of drug-likeness (QED) is 0.00591. The van der Waals surface area contributed by atoms with Gasteiger partial charge in [-0.25, -0.2) is 9.59 Å². The van der Waals surface area contributed by atoms with Crippen molar-refractivity contribution >= 4 is 104 Å². The molecule has 2 aromatic heterocycles. The second kappa shape index (κ2) is 46.1. The zero-order valence-corrected chi connectivity index (χ0v) is 79.0. The Morgan fingerprint density at radius 3 is 1.42 bits per heavy atom. The van der Waals surface area contributed by atoms with Gasteiger partial charge in [0.15, 0.2) is 17.3 Å². The summed E-state index contributed by atoms with van der Waals surface area (Å²) in [7, 11) is 2.99. The van der Waals surface area contributed by atoms with Gasteiger partial charge < -0.3 is 50.0 Å². The minimum Gasteiger partial charge on any atom is -0.465 e. The van der Waals surface area contributed by atoms with E-state index in [1.165, 1.54) is 44.8 Å². The molecule has 692 valence electrons. The molecule has 2 heterocycles. The zero-order valence-electron chi connectivity index (χ0n) is 78.1. The van der Waals surface area contributed by atoms with Crippen LogP contribution in [0.5, 0.6) is 0 Å². The van der Waals surface area contributed by atoms with Gasteiger partial charge in [-0.15, -0.1) is 11.8 Å². The fourth-order valence-corrected chi connectivity index (χ4v) is 18.4. The Morgan fingerprint density at radius 2 is 0.923 bits per heavy atom. The molecule has 0 bridgehead atoms. The van der Waals surface area contributed by atoms with Crippen molar-refractivity contribution in [2.45, 2.75) is 238 Å². The smallest absolute Gasteiger partial charge is 0.419 e. The third-order valence-corrected chi connectivity index (χ3v) is 25.4. The van der Waals surface area contributed by atoms with Gasteiger partial charge >= 0.3 is 18.2 Å². The first kappa shape index (κ1) is 100. The lowest BCUT2D eigenvalue weighted by atomic mass is 9.84. The molecule has 7 atom stereocenters. The van der Waals surface area contributed by atoms with Gasteiger partial charge in [0.2, 0.25) is 29.5 Å². The van der Waals surface area contributed by atoms with Gasteiger partial charge in [-0.3, -0.25) is 57.7 Å². The largest absolute Gasteiger partial charge is 0.465 e. The molecule has 0 saturated carbocycles. The van der Waals surface area contributed by atoms with Crippen LogP contribution in [-0.2, 0) is 79.7 Å². The summed E-state index contributed by atoms with van der Waals surface area (Å²) in [5.74, 6) is -8.91. The van der Waals surface area contributed by atoms with E-state index in [-0.39, 0.29) is 87.9 Å². The molecule has 0 saturated heterocycles. The summed E-state index contributed by atoms with van der Waals surface area (Å²) in [6.07, 6.45) is 3.19. The fraction of sp³-hybridized carbons (Fsp3) is 0.448. The second-order valence-corrected chi connectivity index (χ2v) is 38.1. The molecule has 10 rings (SSSR count). The number of esters is 1. The molecule has 0 radical (unpaired) electrons. The highest BCUT2D eigenvalue weighted by molar-refractivity contribution is 8.00. The summed E-state index contributed by atoms with van der Waals surface area (Å²) >= 11 is 1.48. The molecule has 1 aliphatic carbocycles. The Hall–Kier alpha value is -11.8. The lowest BCUT2D eigenvalue weighted by Gasteiger charge is -2.37. The number of nitrogens with one attached hydrogen (secondary N) is 5. The highest BCUT2D eigenvalue weighted by atomic mass is 32.2. The van der Waals surface area contributed by atoms with Crippen LogP contribution in [0.1, 0.15) is 218 Å².